The maximum Gasteiger partial charge on any atom is 0.0604 e. The van der Waals surface area contributed by atoms with Gasteiger partial charge in [-0.1, -0.05) is 19.1 Å². The van der Waals surface area contributed by atoms with Crippen molar-refractivity contribution in [2.45, 2.75) is 39.7 Å². The zero-order chi connectivity index (χ0) is 11.6. The second-order valence-electron chi connectivity index (χ2n) is 4.73. The molecule has 0 radical (unpaired) electrons. The van der Waals surface area contributed by atoms with E-state index in [0.29, 0.717) is 0 Å². The van der Waals surface area contributed by atoms with E-state index in [1.807, 2.05) is 13.0 Å². The summed E-state index contributed by atoms with van der Waals surface area (Å²) in [6.07, 6.45) is 1.09. The topological polar surface area (TPSA) is 29.3 Å². The van der Waals surface area contributed by atoms with Crippen LogP contribution in [-0.4, -0.2) is 12.6 Å². The highest BCUT2D eigenvalue weighted by molar-refractivity contribution is 5.71. The molecule has 0 aliphatic rings. The van der Waals surface area contributed by atoms with Crippen LogP contribution in [0.1, 0.15) is 32.8 Å². The van der Waals surface area contributed by atoms with Gasteiger partial charge in [0.25, 0.3) is 0 Å². The standard InChI is InChI=1S/C13H22N2/c1-6-13(3,4)15(5)11-9-7-8-10(2)12(11)14/h7-9H,6,14H2,1-5H3. The summed E-state index contributed by atoms with van der Waals surface area (Å²) in [5.74, 6) is 0. The van der Waals surface area contributed by atoms with E-state index in [9.17, 15) is 0 Å². The number of rotatable bonds is 3. The minimum Gasteiger partial charge on any atom is -0.397 e. The molecule has 2 heteroatoms. The molecule has 1 aromatic carbocycles. The van der Waals surface area contributed by atoms with Crippen molar-refractivity contribution < 1.29 is 0 Å². The molecule has 0 unspecified atom stereocenters. The van der Waals surface area contributed by atoms with E-state index < -0.39 is 0 Å². The van der Waals surface area contributed by atoms with E-state index >= 15 is 0 Å². The van der Waals surface area contributed by atoms with E-state index in [1.54, 1.807) is 0 Å². The lowest BCUT2D eigenvalue weighted by atomic mass is 9.98. The Morgan fingerprint density at radius 2 is 1.93 bits per heavy atom. The summed E-state index contributed by atoms with van der Waals surface area (Å²) in [4.78, 5) is 2.26. The van der Waals surface area contributed by atoms with E-state index in [4.69, 9.17) is 5.73 Å². The van der Waals surface area contributed by atoms with Crippen molar-refractivity contribution >= 4 is 11.4 Å². The van der Waals surface area contributed by atoms with Gasteiger partial charge < -0.3 is 10.6 Å². The zero-order valence-corrected chi connectivity index (χ0v) is 10.5. The molecular weight excluding hydrogens is 184 g/mol. The Hall–Kier alpha value is -1.18. The summed E-state index contributed by atoms with van der Waals surface area (Å²) in [5, 5.41) is 0. The molecule has 0 saturated carbocycles. The SMILES string of the molecule is CCC(C)(C)N(C)c1cccc(C)c1N. The lowest BCUT2D eigenvalue weighted by Crippen LogP contribution is -2.40. The molecule has 0 aliphatic heterocycles. The molecule has 0 atom stereocenters. The van der Waals surface area contributed by atoms with Gasteiger partial charge in [0.05, 0.1) is 11.4 Å². The smallest absolute Gasteiger partial charge is 0.0604 e. The van der Waals surface area contributed by atoms with Crippen LogP contribution >= 0.6 is 0 Å². The first-order valence-corrected chi connectivity index (χ1v) is 5.49. The van der Waals surface area contributed by atoms with Gasteiger partial charge in [0.1, 0.15) is 0 Å². The van der Waals surface area contributed by atoms with Crippen LogP contribution in [0, 0.1) is 6.92 Å². The van der Waals surface area contributed by atoms with Crippen LogP contribution in [-0.2, 0) is 0 Å². The van der Waals surface area contributed by atoms with Gasteiger partial charge >= 0.3 is 0 Å². The third kappa shape index (κ3) is 2.25. The van der Waals surface area contributed by atoms with Gasteiger partial charge in [-0.05, 0) is 38.8 Å². The lowest BCUT2D eigenvalue weighted by molar-refractivity contribution is 0.471. The number of benzene rings is 1. The van der Waals surface area contributed by atoms with Crippen LogP contribution < -0.4 is 10.6 Å². The van der Waals surface area contributed by atoms with E-state index in [1.165, 1.54) is 0 Å². The maximum absolute atomic E-state index is 6.09. The van der Waals surface area contributed by atoms with Crippen molar-refractivity contribution in [2.75, 3.05) is 17.7 Å². The molecule has 2 N–H and O–H groups in total. The molecule has 15 heavy (non-hydrogen) atoms. The molecule has 0 amide bonds. The summed E-state index contributed by atoms with van der Waals surface area (Å²) < 4.78 is 0. The third-order valence-corrected chi connectivity index (χ3v) is 3.44. The fraction of sp³-hybridized carbons (Fsp3) is 0.538. The number of hydrogen-bond acceptors (Lipinski definition) is 2. The fourth-order valence-corrected chi connectivity index (χ4v) is 1.52. The molecular formula is C13H22N2. The van der Waals surface area contributed by atoms with Crippen LogP contribution in [0.4, 0.5) is 11.4 Å². The highest BCUT2D eigenvalue weighted by Gasteiger charge is 2.22. The highest BCUT2D eigenvalue weighted by Crippen LogP contribution is 2.31. The van der Waals surface area contributed by atoms with Crippen LogP contribution in [0.15, 0.2) is 18.2 Å². The van der Waals surface area contributed by atoms with Gasteiger partial charge in [0, 0.05) is 12.6 Å². The normalized spacial score (nSPS) is 11.5. The Bertz CT molecular complexity index is 342. The summed E-state index contributed by atoms with van der Waals surface area (Å²) in [7, 11) is 2.11. The second-order valence-corrected chi connectivity index (χ2v) is 4.73. The van der Waals surface area contributed by atoms with Crippen molar-refractivity contribution in [1.82, 2.24) is 0 Å². The van der Waals surface area contributed by atoms with Crippen molar-refractivity contribution in [2.24, 2.45) is 0 Å². The Morgan fingerprint density at radius 3 is 2.47 bits per heavy atom. The maximum atomic E-state index is 6.09. The first kappa shape index (κ1) is 11.9. The minimum atomic E-state index is 0.141. The lowest BCUT2D eigenvalue weighted by Gasteiger charge is -2.37. The summed E-state index contributed by atoms with van der Waals surface area (Å²) >= 11 is 0. The summed E-state index contributed by atoms with van der Waals surface area (Å²) in [6, 6.07) is 6.19. The first-order valence-electron chi connectivity index (χ1n) is 5.49. The van der Waals surface area contributed by atoms with Crippen molar-refractivity contribution in [3.63, 3.8) is 0 Å². The summed E-state index contributed by atoms with van der Waals surface area (Å²) in [5.41, 5.74) is 9.40. The van der Waals surface area contributed by atoms with E-state index in [0.717, 1.165) is 23.4 Å². The number of nitrogens with two attached hydrogens (primary N) is 1. The molecule has 0 aromatic heterocycles. The Balaban J connectivity index is 3.12. The molecule has 0 spiro atoms. The quantitative estimate of drug-likeness (QED) is 0.769. The number of hydrogen-bond donors (Lipinski definition) is 1. The molecule has 2 nitrogen and oxygen atoms in total. The number of anilines is 2. The Morgan fingerprint density at radius 1 is 1.33 bits per heavy atom. The summed E-state index contributed by atoms with van der Waals surface area (Å²) in [6.45, 7) is 8.71. The van der Waals surface area contributed by atoms with Crippen molar-refractivity contribution in [3.05, 3.63) is 23.8 Å². The van der Waals surface area contributed by atoms with Crippen molar-refractivity contribution in [3.8, 4) is 0 Å². The average Bonchev–Trinajstić information content (AvgIpc) is 2.21. The van der Waals surface area contributed by atoms with Crippen LogP contribution in [0.2, 0.25) is 0 Å². The highest BCUT2D eigenvalue weighted by atomic mass is 15.2. The monoisotopic (exact) mass is 206 g/mol. The van der Waals surface area contributed by atoms with Crippen LogP contribution in [0.25, 0.3) is 0 Å². The number of nitrogens with zero attached hydrogens (tertiary/aromatic N) is 1. The van der Waals surface area contributed by atoms with Gasteiger partial charge in [0.2, 0.25) is 0 Å². The van der Waals surface area contributed by atoms with Crippen LogP contribution in [0.5, 0.6) is 0 Å². The van der Waals surface area contributed by atoms with Gasteiger partial charge in [-0.3, -0.25) is 0 Å². The van der Waals surface area contributed by atoms with E-state index in [-0.39, 0.29) is 5.54 Å². The number of nitrogen functional groups attached to an aromatic ring is 1. The first-order chi connectivity index (χ1) is 6.90. The van der Waals surface area contributed by atoms with E-state index in [2.05, 4.69) is 44.9 Å². The minimum absolute atomic E-state index is 0.141. The second kappa shape index (κ2) is 4.13. The molecule has 0 saturated heterocycles. The number of aryl methyl sites for hydroxylation is 1. The Kier molecular flexibility index (Phi) is 3.28. The van der Waals surface area contributed by atoms with Gasteiger partial charge in [-0.15, -0.1) is 0 Å². The predicted molar refractivity (Wildman–Crippen MR) is 68.4 cm³/mol. The largest absolute Gasteiger partial charge is 0.397 e. The van der Waals surface area contributed by atoms with Crippen LogP contribution in [0.3, 0.4) is 0 Å². The average molecular weight is 206 g/mol. The number of para-hydroxylation sites is 1. The van der Waals surface area contributed by atoms with Gasteiger partial charge in [-0.25, -0.2) is 0 Å². The molecule has 0 aliphatic carbocycles. The fourth-order valence-electron chi connectivity index (χ4n) is 1.52. The molecule has 1 rings (SSSR count). The molecule has 1 aromatic rings. The molecule has 84 valence electrons. The Labute approximate surface area is 93.1 Å². The molecule has 0 heterocycles. The van der Waals surface area contributed by atoms with Gasteiger partial charge in [0.15, 0.2) is 0 Å². The van der Waals surface area contributed by atoms with Crippen molar-refractivity contribution in [1.29, 1.82) is 0 Å². The van der Waals surface area contributed by atoms with Gasteiger partial charge in [-0.2, -0.15) is 0 Å². The molecule has 0 bridgehead atoms. The zero-order valence-electron chi connectivity index (χ0n) is 10.5. The predicted octanol–water partition coefficient (Wildman–Crippen LogP) is 3.20. The third-order valence-electron chi connectivity index (χ3n) is 3.44. The molecule has 0 fully saturated rings.